The van der Waals surface area contributed by atoms with E-state index in [1.54, 1.807) is 5.51 Å². The molecule has 2 aromatic rings. The van der Waals surface area contributed by atoms with Gasteiger partial charge >= 0.3 is 0 Å². The molecule has 2 heterocycles. The molecule has 0 saturated heterocycles. The number of aromatic nitrogens is 3. The van der Waals surface area contributed by atoms with E-state index < -0.39 is 0 Å². The lowest BCUT2D eigenvalue weighted by molar-refractivity contribution is 0.347. The van der Waals surface area contributed by atoms with Gasteiger partial charge in [0, 0.05) is 11.9 Å². The Bertz CT molecular complexity index is 426. The molecule has 0 aliphatic carbocycles. The van der Waals surface area contributed by atoms with Crippen molar-refractivity contribution in [2.45, 2.75) is 25.7 Å². The molecule has 1 atom stereocenters. The largest absolute Gasteiger partial charge is 0.339 e. The fourth-order valence-electron chi connectivity index (χ4n) is 1.52. The van der Waals surface area contributed by atoms with Crippen LogP contribution < -0.4 is 5.73 Å². The first-order chi connectivity index (χ1) is 7.85. The molecule has 0 fully saturated rings. The second kappa shape index (κ2) is 5.18. The lowest BCUT2D eigenvalue weighted by Crippen LogP contribution is -2.12. The molecule has 2 rings (SSSR count). The molecule has 0 bridgehead atoms. The molecular weight excluding hydrogens is 224 g/mol. The third-order valence-corrected chi connectivity index (χ3v) is 2.96. The van der Waals surface area contributed by atoms with Gasteiger partial charge in [0.05, 0.1) is 11.4 Å². The van der Waals surface area contributed by atoms with Crippen LogP contribution in [0.1, 0.15) is 31.6 Å². The summed E-state index contributed by atoms with van der Waals surface area (Å²) in [7, 11) is 0. The van der Waals surface area contributed by atoms with Crippen molar-refractivity contribution in [2.75, 3.05) is 6.54 Å². The van der Waals surface area contributed by atoms with Crippen LogP contribution in [0.25, 0.3) is 11.5 Å². The average Bonchev–Trinajstić information content (AvgIpc) is 2.95. The Hall–Kier alpha value is -1.27. The lowest BCUT2D eigenvalue weighted by Gasteiger charge is -2.06. The topological polar surface area (TPSA) is 77.8 Å². The molecule has 2 N–H and O–H groups in total. The quantitative estimate of drug-likeness (QED) is 0.862. The average molecular weight is 238 g/mol. The molecule has 0 radical (unpaired) electrons. The maximum atomic E-state index is 5.68. The van der Waals surface area contributed by atoms with E-state index in [1.807, 2.05) is 5.38 Å². The SMILES string of the molecule is CCCC(CN)c1nc(-c2cscn2)no1. The molecule has 6 heteroatoms. The van der Waals surface area contributed by atoms with Crippen LogP contribution in [-0.2, 0) is 0 Å². The molecule has 16 heavy (non-hydrogen) atoms. The second-order valence-electron chi connectivity index (χ2n) is 3.55. The molecule has 0 amide bonds. The molecule has 2 aromatic heterocycles. The molecule has 0 spiro atoms. The third-order valence-electron chi connectivity index (χ3n) is 2.37. The van der Waals surface area contributed by atoms with Crippen LogP contribution in [0.3, 0.4) is 0 Å². The van der Waals surface area contributed by atoms with Gasteiger partial charge in [0.2, 0.25) is 11.7 Å². The van der Waals surface area contributed by atoms with Gasteiger partial charge in [-0.2, -0.15) is 4.98 Å². The number of thiazole rings is 1. The summed E-state index contributed by atoms with van der Waals surface area (Å²) in [6.45, 7) is 2.65. The fourth-order valence-corrected chi connectivity index (χ4v) is 2.05. The first-order valence-corrected chi connectivity index (χ1v) is 6.21. The van der Waals surface area contributed by atoms with E-state index in [9.17, 15) is 0 Å². The maximum Gasteiger partial charge on any atom is 0.231 e. The highest BCUT2D eigenvalue weighted by molar-refractivity contribution is 7.07. The van der Waals surface area contributed by atoms with Crippen molar-refractivity contribution in [1.29, 1.82) is 0 Å². The predicted molar refractivity (Wildman–Crippen MR) is 62.1 cm³/mol. The van der Waals surface area contributed by atoms with Crippen molar-refractivity contribution in [3.8, 4) is 11.5 Å². The Balaban J connectivity index is 2.18. The van der Waals surface area contributed by atoms with Gasteiger partial charge in [-0.25, -0.2) is 4.98 Å². The zero-order chi connectivity index (χ0) is 11.4. The van der Waals surface area contributed by atoms with E-state index in [2.05, 4.69) is 22.0 Å². The van der Waals surface area contributed by atoms with Crippen molar-refractivity contribution < 1.29 is 4.52 Å². The molecule has 5 nitrogen and oxygen atoms in total. The smallest absolute Gasteiger partial charge is 0.231 e. The summed E-state index contributed by atoms with van der Waals surface area (Å²) < 4.78 is 5.22. The molecular formula is C10H14N4OS. The van der Waals surface area contributed by atoms with Crippen molar-refractivity contribution in [3.05, 3.63) is 16.8 Å². The highest BCUT2D eigenvalue weighted by atomic mass is 32.1. The number of nitrogens with two attached hydrogens (primary N) is 1. The van der Waals surface area contributed by atoms with Crippen LogP contribution in [0.15, 0.2) is 15.4 Å². The maximum absolute atomic E-state index is 5.68. The van der Waals surface area contributed by atoms with Crippen molar-refractivity contribution in [2.24, 2.45) is 5.73 Å². The molecule has 0 aliphatic heterocycles. The van der Waals surface area contributed by atoms with Gasteiger partial charge in [0.1, 0.15) is 5.69 Å². The number of hydrogen-bond donors (Lipinski definition) is 1. The Morgan fingerprint density at radius 2 is 2.44 bits per heavy atom. The minimum absolute atomic E-state index is 0.157. The monoisotopic (exact) mass is 238 g/mol. The van der Waals surface area contributed by atoms with Gasteiger partial charge in [0.25, 0.3) is 0 Å². The second-order valence-corrected chi connectivity index (χ2v) is 4.27. The Morgan fingerprint density at radius 1 is 1.56 bits per heavy atom. The predicted octanol–water partition coefficient (Wildman–Crippen LogP) is 2.04. The minimum Gasteiger partial charge on any atom is -0.339 e. The van der Waals surface area contributed by atoms with Crippen LogP contribution >= 0.6 is 11.3 Å². The summed E-state index contributed by atoms with van der Waals surface area (Å²) in [5, 5.41) is 5.81. The first kappa shape index (κ1) is 11.2. The summed E-state index contributed by atoms with van der Waals surface area (Å²) >= 11 is 1.51. The zero-order valence-corrected chi connectivity index (χ0v) is 9.91. The molecule has 86 valence electrons. The first-order valence-electron chi connectivity index (χ1n) is 5.27. The molecule has 0 aromatic carbocycles. The van der Waals surface area contributed by atoms with Gasteiger partial charge < -0.3 is 10.3 Å². The molecule has 0 saturated carbocycles. The number of nitrogens with zero attached hydrogens (tertiary/aromatic N) is 3. The highest BCUT2D eigenvalue weighted by Crippen LogP contribution is 2.22. The summed E-state index contributed by atoms with van der Waals surface area (Å²) in [4.78, 5) is 8.46. The van der Waals surface area contributed by atoms with E-state index in [4.69, 9.17) is 10.3 Å². The van der Waals surface area contributed by atoms with Gasteiger partial charge in [-0.1, -0.05) is 18.5 Å². The van der Waals surface area contributed by atoms with Crippen LogP contribution in [0.2, 0.25) is 0 Å². The van der Waals surface area contributed by atoms with E-state index in [1.165, 1.54) is 11.3 Å². The van der Waals surface area contributed by atoms with E-state index in [-0.39, 0.29) is 5.92 Å². The lowest BCUT2D eigenvalue weighted by atomic mass is 10.0. The summed E-state index contributed by atoms with van der Waals surface area (Å²) in [6, 6.07) is 0. The van der Waals surface area contributed by atoms with Crippen LogP contribution in [-0.4, -0.2) is 21.7 Å². The summed E-state index contributed by atoms with van der Waals surface area (Å²) in [5.74, 6) is 1.32. The number of rotatable bonds is 5. The summed E-state index contributed by atoms with van der Waals surface area (Å²) in [6.07, 6.45) is 2.02. The van der Waals surface area contributed by atoms with E-state index >= 15 is 0 Å². The van der Waals surface area contributed by atoms with Crippen molar-refractivity contribution >= 4 is 11.3 Å². The van der Waals surface area contributed by atoms with Crippen LogP contribution in [0, 0.1) is 0 Å². The fraction of sp³-hybridized carbons (Fsp3) is 0.500. The van der Waals surface area contributed by atoms with Crippen LogP contribution in [0.4, 0.5) is 0 Å². The van der Waals surface area contributed by atoms with Crippen molar-refractivity contribution in [1.82, 2.24) is 15.1 Å². The molecule has 0 aliphatic rings. The minimum atomic E-state index is 0.157. The van der Waals surface area contributed by atoms with E-state index in [0.29, 0.717) is 18.3 Å². The van der Waals surface area contributed by atoms with E-state index in [0.717, 1.165) is 18.5 Å². The zero-order valence-electron chi connectivity index (χ0n) is 9.09. The standard InChI is InChI=1S/C10H14N4OS/c1-2-3-7(4-11)10-13-9(14-15-10)8-5-16-6-12-8/h5-7H,2-4,11H2,1H3. The normalized spacial score (nSPS) is 12.9. The van der Waals surface area contributed by atoms with Crippen LogP contribution in [0.5, 0.6) is 0 Å². The van der Waals surface area contributed by atoms with Crippen molar-refractivity contribution in [3.63, 3.8) is 0 Å². The molecule has 1 unspecified atom stereocenters. The summed E-state index contributed by atoms with van der Waals surface area (Å²) in [5.41, 5.74) is 8.18. The third kappa shape index (κ3) is 2.28. The highest BCUT2D eigenvalue weighted by Gasteiger charge is 2.17. The van der Waals surface area contributed by atoms with Gasteiger partial charge in [0.15, 0.2) is 0 Å². The van der Waals surface area contributed by atoms with Gasteiger partial charge in [-0.15, -0.1) is 11.3 Å². The van der Waals surface area contributed by atoms with Gasteiger partial charge in [-0.3, -0.25) is 0 Å². The number of hydrogen-bond acceptors (Lipinski definition) is 6. The Morgan fingerprint density at radius 3 is 3.06 bits per heavy atom. The Labute approximate surface area is 97.7 Å². The van der Waals surface area contributed by atoms with Gasteiger partial charge in [-0.05, 0) is 6.42 Å². The Kier molecular flexibility index (Phi) is 3.63.